The van der Waals surface area contributed by atoms with Gasteiger partial charge in [-0.3, -0.25) is 4.79 Å². The minimum Gasteiger partial charge on any atom is -0.494 e. The molecule has 126 valence electrons. The predicted octanol–water partition coefficient (Wildman–Crippen LogP) is 2.58. The van der Waals surface area contributed by atoms with Gasteiger partial charge < -0.3 is 19.5 Å². The van der Waals surface area contributed by atoms with Gasteiger partial charge >= 0.3 is 0 Å². The quantitative estimate of drug-likeness (QED) is 0.886. The number of rotatable bonds is 6. The third-order valence-electron chi connectivity index (χ3n) is 3.69. The van der Waals surface area contributed by atoms with Crippen molar-refractivity contribution >= 4 is 5.91 Å². The number of carbonyl (C=O) groups excluding carboxylic acids is 1. The molecule has 5 heteroatoms. The molecule has 1 aliphatic heterocycles. The van der Waals surface area contributed by atoms with Crippen LogP contribution in [0.5, 0.6) is 17.2 Å². The van der Waals surface area contributed by atoms with Crippen LogP contribution in [0.4, 0.5) is 0 Å². The fourth-order valence-corrected chi connectivity index (χ4v) is 2.51. The minimum atomic E-state index is -0.177. The van der Waals surface area contributed by atoms with Gasteiger partial charge in [-0.1, -0.05) is 24.3 Å². The average Bonchev–Trinajstić information content (AvgIpc) is 2.62. The monoisotopic (exact) mass is 327 g/mol. The molecule has 5 nitrogen and oxygen atoms in total. The molecule has 1 unspecified atom stereocenters. The second-order valence-electron chi connectivity index (χ2n) is 5.56. The fraction of sp³-hybridized carbons (Fsp3) is 0.316. The molecule has 0 fully saturated rings. The number of ether oxygens (including phenoxy) is 3. The van der Waals surface area contributed by atoms with Crippen LogP contribution in [0.1, 0.15) is 12.5 Å². The van der Waals surface area contributed by atoms with Gasteiger partial charge in [0.1, 0.15) is 18.5 Å². The summed E-state index contributed by atoms with van der Waals surface area (Å²) in [6.07, 6.45) is 0.153. The highest BCUT2D eigenvalue weighted by Gasteiger charge is 2.20. The summed E-state index contributed by atoms with van der Waals surface area (Å²) in [5.74, 6) is 2.23. The van der Waals surface area contributed by atoms with E-state index in [2.05, 4.69) is 5.32 Å². The Kier molecular flexibility index (Phi) is 5.21. The maximum absolute atomic E-state index is 12.1. The molecule has 3 rings (SSSR count). The molecule has 2 aromatic carbocycles. The molecule has 0 spiro atoms. The Labute approximate surface area is 141 Å². The van der Waals surface area contributed by atoms with Gasteiger partial charge in [-0.2, -0.15) is 0 Å². The number of fused-ring (bicyclic) bond motifs is 1. The average molecular weight is 327 g/mol. The molecule has 1 N–H and O–H groups in total. The van der Waals surface area contributed by atoms with Gasteiger partial charge in [0.2, 0.25) is 5.91 Å². The largest absolute Gasteiger partial charge is 0.494 e. The van der Waals surface area contributed by atoms with Crippen LogP contribution in [-0.4, -0.2) is 31.8 Å². The summed E-state index contributed by atoms with van der Waals surface area (Å²) in [6.45, 7) is 3.42. The van der Waals surface area contributed by atoms with Gasteiger partial charge in [-0.05, 0) is 36.8 Å². The number of hydrogen-bond donors (Lipinski definition) is 1. The van der Waals surface area contributed by atoms with E-state index in [0.717, 1.165) is 22.8 Å². The first-order valence-corrected chi connectivity index (χ1v) is 8.11. The lowest BCUT2D eigenvalue weighted by Gasteiger charge is -2.26. The van der Waals surface area contributed by atoms with E-state index >= 15 is 0 Å². The molecule has 0 saturated heterocycles. The smallest absolute Gasteiger partial charge is 0.224 e. The van der Waals surface area contributed by atoms with E-state index in [4.69, 9.17) is 14.2 Å². The standard InChI is InChI=1S/C19H21NO4/c1-2-22-15-9-7-14(8-10-15)11-19(21)20-12-16-13-23-17-5-3-4-6-18(17)24-16/h3-10,16H,2,11-13H2,1H3,(H,20,21). The molecule has 1 amide bonds. The van der Waals surface area contributed by atoms with E-state index in [1.165, 1.54) is 0 Å². The van der Waals surface area contributed by atoms with E-state index < -0.39 is 0 Å². The van der Waals surface area contributed by atoms with Crippen molar-refractivity contribution in [1.29, 1.82) is 0 Å². The Morgan fingerprint density at radius 1 is 1.17 bits per heavy atom. The van der Waals surface area contributed by atoms with Gasteiger partial charge in [0, 0.05) is 0 Å². The van der Waals surface area contributed by atoms with Crippen molar-refractivity contribution in [2.24, 2.45) is 0 Å². The second kappa shape index (κ2) is 7.73. The van der Waals surface area contributed by atoms with Crippen molar-refractivity contribution < 1.29 is 19.0 Å². The molecular weight excluding hydrogens is 306 g/mol. The zero-order chi connectivity index (χ0) is 16.8. The van der Waals surface area contributed by atoms with Crippen molar-refractivity contribution in [2.75, 3.05) is 19.8 Å². The Morgan fingerprint density at radius 2 is 1.92 bits per heavy atom. The lowest BCUT2D eigenvalue weighted by molar-refractivity contribution is -0.120. The molecule has 0 radical (unpaired) electrons. The minimum absolute atomic E-state index is 0.0402. The third-order valence-corrected chi connectivity index (χ3v) is 3.69. The molecule has 0 saturated carbocycles. The van der Waals surface area contributed by atoms with Gasteiger partial charge in [0.25, 0.3) is 0 Å². The van der Waals surface area contributed by atoms with Gasteiger partial charge in [-0.25, -0.2) is 0 Å². The normalized spacial score (nSPS) is 15.6. The highest BCUT2D eigenvalue weighted by molar-refractivity contribution is 5.78. The molecular formula is C19H21NO4. The van der Waals surface area contributed by atoms with Gasteiger partial charge in [0.05, 0.1) is 19.6 Å². The zero-order valence-electron chi connectivity index (χ0n) is 13.7. The summed E-state index contributed by atoms with van der Waals surface area (Å²) in [6, 6.07) is 15.1. The molecule has 1 heterocycles. The summed E-state index contributed by atoms with van der Waals surface area (Å²) in [5.41, 5.74) is 0.946. The Hall–Kier alpha value is -2.69. The van der Waals surface area contributed by atoms with Crippen LogP contribution in [0, 0.1) is 0 Å². The third kappa shape index (κ3) is 4.19. The number of benzene rings is 2. The van der Waals surface area contributed by atoms with Crippen molar-refractivity contribution in [3.05, 3.63) is 54.1 Å². The SMILES string of the molecule is CCOc1ccc(CC(=O)NCC2COc3ccccc3O2)cc1. The molecule has 0 aromatic heterocycles. The van der Waals surface area contributed by atoms with E-state index in [9.17, 15) is 4.79 Å². The van der Waals surface area contributed by atoms with Crippen molar-refractivity contribution in [2.45, 2.75) is 19.4 Å². The van der Waals surface area contributed by atoms with Crippen LogP contribution in [0.25, 0.3) is 0 Å². The van der Waals surface area contributed by atoms with E-state index in [0.29, 0.717) is 26.2 Å². The van der Waals surface area contributed by atoms with E-state index in [-0.39, 0.29) is 12.0 Å². The summed E-state index contributed by atoms with van der Waals surface area (Å²) in [5, 5.41) is 2.90. The first-order valence-electron chi connectivity index (χ1n) is 8.11. The summed E-state index contributed by atoms with van der Waals surface area (Å²) >= 11 is 0. The van der Waals surface area contributed by atoms with Crippen LogP contribution in [0.3, 0.4) is 0 Å². The van der Waals surface area contributed by atoms with Crippen LogP contribution < -0.4 is 19.5 Å². The first kappa shape index (κ1) is 16.2. The maximum Gasteiger partial charge on any atom is 0.224 e. The zero-order valence-corrected chi connectivity index (χ0v) is 13.7. The topological polar surface area (TPSA) is 56.8 Å². The van der Waals surface area contributed by atoms with Crippen molar-refractivity contribution in [1.82, 2.24) is 5.32 Å². The Bertz CT molecular complexity index is 684. The molecule has 24 heavy (non-hydrogen) atoms. The Balaban J connectivity index is 1.46. The van der Waals surface area contributed by atoms with Gasteiger partial charge in [0.15, 0.2) is 11.5 Å². The fourth-order valence-electron chi connectivity index (χ4n) is 2.51. The molecule has 2 aromatic rings. The first-order chi connectivity index (χ1) is 11.7. The Morgan fingerprint density at radius 3 is 2.67 bits per heavy atom. The molecule has 1 aliphatic rings. The number of amides is 1. The van der Waals surface area contributed by atoms with Crippen LogP contribution in [0.2, 0.25) is 0 Å². The number of hydrogen-bond acceptors (Lipinski definition) is 4. The highest BCUT2D eigenvalue weighted by atomic mass is 16.6. The van der Waals surface area contributed by atoms with Crippen LogP contribution in [-0.2, 0) is 11.2 Å². The molecule has 1 atom stereocenters. The second-order valence-corrected chi connectivity index (χ2v) is 5.56. The van der Waals surface area contributed by atoms with E-state index in [1.807, 2.05) is 55.5 Å². The molecule has 0 aliphatic carbocycles. The highest BCUT2D eigenvalue weighted by Crippen LogP contribution is 2.30. The van der Waals surface area contributed by atoms with E-state index in [1.54, 1.807) is 0 Å². The lowest BCUT2D eigenvalue weighted by Crippen LogP contribution is -2.41. The number of carbonyl (C=O) groups is 1. The summed E-state index contributed by atoms with van der Waals surface area (Å²) in [4.78, 5) is 12.1. The number of para-hydroxylation sites is 2. The number of nitrogens with one attached hydrogen (secondary N) is 1. The molecule has 0 bridgehead atoms. The predicted molar refractivity (Wildman–Crippen MR) is 90.7 cm³/mol. The maximum atomic E-state index is 12.1. The lowest BCUT2D eigenvalue weighted by atomic mass is 10.1. The van der Waals surface area contributed by atoms with Crippen molar-refractivity contribution in [3.63, 3.8) is 0 Å². The van der Waals surface area contributed by atoms with Crippen molar-refractivity contribution in [3.8, 4) is 17.2 Å². The van der Waals surface area contributed by atoms with Gasteiger partial charge in [-0.15, -0.1) is 0 Å². The van der Waals surface area contributed by atoms with Crippen LogP contribution >= 0.6 is 0 Å². The summed E-state index contributed by atoms with van der Waals surface area (Å²) < 4.78 is 16.8. The van der Waals surface area contributed by atoms with Crippen LogP contribution in [0.15, 0.2) is 48.5 Å². The summed E-state index contributed by atoms with van der Waals surface area (Å²) in [7, 11) is 0.